The number of aliphatic imine (C=N–C) groups is 1. The SMILES string of the molecule is CN=C(NCCCn1nc2n(c1=O)CCCC2)NC(C)CCS(C)(=O)=O.I. The van der Waals surface area contributed by atoms with Gasteiger partial charge in [0.1, 0.15) is 15.7 Å². The number of nitrogens with one attached hydrogen (secondary N) is 2. The molecule has 9 nitrogen and oxygen atoms in total. The predicted octanol–water partition coefficient (Wildman–Crippen LogP) is 0.377. The van der Waals surface area contributed by atoms with Crippen molar-refractivity contribution in [3.8, 4) is 0 Å². The molecule has 11 heteroatoms. The smallest absolute Gasteiger partial charge is 0.345 e. The number of aromatic nitrogens is 3. The van der Waals surface area contributed by atoms with E-state index in [1.165, 1.54) is 6.26 Å². The van der Waals surface area contributed by atoms with Crippen LogP contribution in [0.3, 0.4) is 0 Å². The van der Waals surface area contributed by atoms with E-state index in [-0.39, 0.29) is 41.5 Å². The first-order chi connectivity index (χ1) is 12.3. The van der Waals surface area contributed by atoms with Crippen molar-refractivity contribution in [2.75, 3.05) is 25.6 Å². The van der Waals surface area contributed by atoms with Crippen molar-refractivity contribution in [3.63, 3.8) is 0 Å². The molecule has 1 atom stereocenters. The zero-order valence-corrected chi connectivity index (χ0v) is 19.4. The van der Waals surface area contributed by atoms with E-state index in [4.69, 9.17) is 0 Å². The minimum atomic E-state index is -2.96. The number of fused-ring (bicyclic) bond motifs is 1. The van der Waals surface area contributed by atoms with Gasteiger partial charge in [0.05, 0.1) is 5.75 Å². The standard InChI is InChI=1S/C16H30N6O3S.HI/c1-13(8-12-26(3,24)25)19-15(17-2)18-9-6-11-22-16(23)21-10-5-4-7-14(21)20-22;/h13H,4-12H2,1-3H3,(H2,17,18,19);1H. The summed E-state index contributed by atoms with van der Waals surface area (Å²) in [4.78, 5) is 16.4. The van der Waals surface area contributed by atoms with Gasteiger partial charge in [-0.2, -0.15) is 5.10 Å². The molecular weight excluding hydrogens is 483 g/mol. The molecule has 2 heterocycles. The summed E-state index contributed by atoms with van der Waals surface area (Å²) in [7, 11) is -1.29. The van der Waals surface area contributed by atoms with Crippen molar-refractivity contribution in [1.29, 1.82) is 0 Å². The number of hydrogen-bond acceptors (Lipinski definition) is 5. The maximum absolute atomic E-state index is 12.3. The van der Waals surface area contributed by atoms with Crippen molar-refractivity contribution in [2.45, 2.75) is 58.2 Å². The van der Waals surface area contributed by atoms with E-state index >= 15 is 0 Å². The number of halogens is 1. The highest BCUT2D eigenvalue weighted by Gasteiger charge is 2.16. The lowest BCUT2D eigenvalue weighted by atomic mass is 10.2. The summed E-state index contributed by atoms with van der Waals surface area (Å²) in [5.74, 6) is 1.67. The second kappa shape index (κ2) is 11.0. The second-order valence-corrected chi connectivity index (χ2v) is 9.11. The van der Waals surface area contributed by atoms with Gasteiger partial charge in [-0.25, -0.2) is 17.9 Å². The fourth-order valence-electron chi connectivity index (χ4n) is 2.92. The summed E-state index contributed by atoms with van der Waals surface area (Å²) in [5, 5.41) is 10.8. The Bertz CT molecular complexity index is 787. The maximum atomic E-state index is 12.3. The first kappa shape index (κ1) is 23.9. The Morgan fingerprint density at radius 2 is 2.11 bits per heavy atom. The van der Waals surface area contributed by atoms with Gasteiger partial charge in [0, 0.05) is 45.4 Å². The highest BCUT2D eigenvalue weighted by atomic mass is 127. The zero-order valence-electron chi connectivity index (χ0n) is 16.3. The molecule has 0 saturated carbocycles. The van der Waals surface area contributed by atoms with E-state index in [0.717, 1.165) is 38.1 Å². The van der Waals surface area contributed by atoms with E-state index in [1.807, 2.05) is 6.92 Å². The zero-order chi connectivity index (χ0) is 19.2. The van der Waals surface area contributed by atoms with E-state index in [0.29, 0.717) is 25.5 Å². The molecule has 0 bridgehead atoms. The van der Waals surface area contributed by atoms with Gasteiger partial charge in [0.15, 0.2) is 5.96 Å². The quantitative estimate of drug-likeness (QED) is 0.225. The number of guanidine groups is 1. The molecule has 0 radical (unpaired) electrons. The van der Waals surface area contributed by atoms with Crippen LogP contribution in [0.15, 0.2) is 9.79 Å². The van der Waals surface area contributed by atoms with Crippen molar-refractivity contribution in [1.82, 2.24) is 25.0 Å². The van der Waals surface area contributed by atoms with Crippen LogP contribution in [-0.2, 0) is 29.3 Å². The predicted molar refractivity (Wildman–Crippen MR) is 118 cm³/mol. The van der Waals surface area contributed by atoms with Gasteiger partial charge in [0.25, 0.3) is 0 Å². The third-order valence-electron chi connectivity index (χ3n) is 4.40. The Labute approximate surface area is 177 Å². The molecule has 1 unspecified atom stereocenters. The number of aryl methyl sites for hydroxylation is 2. The van der Waals surface area contributed by atoms with Gasteiger partial charge in [-0.3, -0.25) is 9.56 Å². The lowest BCUT2D eigenvalue weighted by Crippen LogP contribution is -2.43. The summed E-state index contributed by atoms with van der Waals surface area (Å²) in [6.45, 7) is 3.90. The molecule has 1 aliphatic rings. The first-order valence-electron chi connectivity index (χ1n) is 9.11. The highest BCUT2D eigenvalue weighted by molar-refractivity contribution is 14.0. The molecule has 0 saturated heterocycles. The van der Waals surface area contributed by atoms with Gasteiger partial charge < -0.3 is 10.6 Å². The maximum Gasteiger partial charge on any atom is 0.345 e. The number of nitrogens with zero attached hydrogens (tertiary/aromatic N) is 4. The molecular formula is C16H31IN6O3S. The molecule has 2 N–H and O–H groups in total. The third kappa shape index (κ3) is 7.80. The Hall–Kier alpha value is -1.11. The Morgan fingerprint density at radius 3 is 2.74 bits per heavy atom. The first-order valence-corrected chi connectivity index (χ1v) is 11.2. The van der Waals surface area contributed by atoms with Gasteiger partial charge in [0.2, 0.25) is 0 Å². The Morgan fingerprint density at radius 1 is 1.37 bits per heavy atom. The topological polar surface area (TPSA) is 110 Å². The molecule has 1 aliphatic heterocycles. The lowest BCUT2D eigenvalue weighted by molar-refractivity contribution is 0.508. The summed E-state index contributed by atoms with van der Waals surface area (Å²) in [5.41, 5.74) is -0.0170. The van der Waals surface area contributed by atoms with Crippen LogP contribution in [0, 0.1) is 0 Å². The van der Waals surface area contributed by atoms with Gasteiger partial charge in [-0.1, -0.05) is 0 Å². The van der Waals surface area contributed by atoms with Crippen LogP contribution < -0.4 is 16.3 Å². The van der Waals surface area contributed by atoms with Crippen LogP contribution in [0.1, 0.15) is 38.4 Å². The molecule has 156 valence electrons. The van der Waals surface area contributed by atoms with Crippen molar-refractivity contribution in [3.05, 3.63) is 16.3 Å². The summed E-state index contributed by atoms with van der Waals surface area (Å²) in [6.07, 6.45) is 5.52. The van der Waals surface area contributed by atoms with Crippen LogP contribution >= 0.6 is 24.0 Å². The van der Waals surface area contributed by atoms with E-state index in [2.05, 4.69) is 20.7 Å². The molecule has 1 aromatic rings. The van der Waals surface area contributed by atoms with Gasteiger partial charge >= 0.3 is 5.69 Å². The molecule has 1 aromatic heterocycles. The van der Waals surface area contributed by atoms with Crippen molar-refractivity contribution >= 4 is 39.8 Å². The monoisotopic (exact) mass is 514 g/mol. The van der Waals surface area contributed by atoms with E-state index in [1.54, 1.807) is 16.3 Å². The fraction of sp³-hybridized carbons (Fsp3) is 0.812. The van der Waals surface area contributed by atoms with Crippen molar-refractivity contribution in [2.24, 2.45) is 4.99 Å². The molecule has 2 rings (SSSR count). The van der Waals surface area contributed by atoms with Gasteiger partial charge in [-0.05, 0) is 32.6 Å². The third-order valence-corrected chi connectivity index (χ3v) is 5.38. The number of sulfone groups is 1. The van der Waals surface area contributed by atoms with Gasteiger partial charge in [-0.15, -0.1) is 24.0 Å². The largest absolute Gasteiger partial charge is 0.356 e. The highest BCUT2D eigenvalue weighted by Crippen LogP contribution is 2.09. The average Bonchev–Trinajstić information content (AvgIpc) is 2.91. The van der Waals surface area contributed by atoms with Crippen LogP contribution in [-0.4, -0.2) is 60.4 Å². The average molecular weight is 514 g/mol. The van der Waals surface area contributed by atoms with Crippen LogP contribution in [0.4, 0.5) is 0 Å². The van der Waals surface area contributed by atoms with E-state index in [9.17, 15) is 13.2 Å². The molecule has 27 heavy (non-hydrogen) atoms. The van der Waals surface area contributed by atoms with Crippen LogP contribution in [0.2, 0.25) is 0 Å². The Balaban J connectivity index is 0.00000364. The fourth-order valence-corrected chi connectivity index (χ4v) is 3.70. The normalized spacial score (nSPS) is 15.6. The second-order valence-electron chi connectivity index (χ2n) is 6.85. The number of hydrogen-bond donors (Lipinski definition) is 2. The molecule has 0 aromatic carbocycles. The van der Waals surface area contributed by atoms with E-state index < -0.39 is 9.84 Å². The van der Waals surface area contributed by atoms with Crippen LogP contribution in [0.5, 0.6) is 0 Å². The lowest BCUT2D eigenvalue weighted by Gasteiger charge is -2.17. The molecule has 0 amide bonds. The summed E-state index contributed by atoms with van der Waals surface area (Å²) in [6, 6.07) is -0.00147. The minimum absolute atomic E-state index is 0. The minimum Gasteiger partial charge on any atom is -0.356 e. The molecule has 0 spiro atoms. The summed E-state index contributed by atoms with van der Waals surface area (Å²) < 4.78 is 25.8. The molecule has 0 fully saturated rings. The molecule has 0 aliphatic carbocycles. The van der Waals surface area contributed by atoms with Crippen LogP contribution in [0.25, 0.3) is 0 Å². The number of rotatable bonds is 8. The summed E-state index contributed by atoms with van der Waals surface area (Å²) >= 11 is 0. The van der Waals surface area contributed by atoms with Crippen molar-refractivity contribution < 1.29 is 8.42 Å². The Kier molecular flexibility index (Phi) is 9.77.